The van der Waals surface area contributed by atoms with Crippen molar-refractivity contribution in [2.75, 3.05) is 0 Å². The summed E-state index contributed by atoms with van der Waals surface area (Å²) in [5.74, 6) is 0. The zero-order chi connectivity index (χ0) is 33.8. The number of hydrogen-bond acceptors (Lipinski definition) is 3. The second-order valence-corrected chi connectivity index (χ2v) is 12.3. The molecule has 50 heavy (non-hydrogen) atoms. The van der Waals surface area contributed by atoms with Gasteiger partial charge in [0, 0.05) is 32.8 Å². The van der Waals surface area contributed by atoms with Gasteiger partial charge in [-0.1, -0.05) is 91.0 Å². The van der Waals surface area contributed by atoms with Crippen molar-refractivity contribution in [2.45, 2.75) is 0 Å². The van der Waals surface area contributed by atoms with Gasteiger partial charge in [0.2, 0.25) is 0 Å². The number of benzene rings is 7. The Morgan fingerprint density at radius 3 is 1.76 bits per heavy atom. The number of hydrogen-bond donors (Lipinski definition) is 0. The minimum absolute atomic E-state index is 0.540. The molecular weight excluding hydrogens is 611 g/mol. The third-order valence-corrected chi connectivity index (χ3v) is 9.62. The number of aromatic nitrogens is 2. The average Bonchev–Trinajstić information content (AvgIpc) is 3.69. The van der Waals surface area contributed by atoms with Gasteiger partial charge in [-0.25, -0.2) is 0 Å². The average molecular weight is 636 g/mol. The van der Waals surface area contributed by atoms with Crippen molar-refractivity contribution in [2.24, 2.45) is 0 Å². The Labute approximate surface area is 287 Å². The van der Waals surface area contributed by atoms with Crippen molar-refractivity contribution in [3.63, 3.8) is 0 Å². The molecule has 9 aromatic rings. The van der Waals surface area contributed by atoms with Gasteiger partial charge in [0.15, 0.2) is 0 Å². The Morgan fingerprint density at radius 1 is 0.380 bits per heavy atom. The van der Waals surface area contributed by atoms with Crippen LogP contribution in [-0.2, 0) is 0 Å². The normalized spacial score (nSPS) is 11.1. The highest BCUT2D eigenvalue weighted by Gasteiger charge is 2.21. The minimum atomic E-state index is 0.540. The van der Waals surface area contributed by atoms with Gasteiger partial charge < -0.3 is 9.13 Å². The lowest BCUT2D eigenvalue weighted by Crippen LogP contribution is -2.02. The largest absolute Gasteiger partial charge is 0.309 e. The molecule has 0 bridgehead atoms. The number of fused-ring (bicyclic) bond motifs is 6. The molecule has 0 atom stereocenters. The lowest BCUT2D eigenvalue weighted by Gasteiger charge is -2.19. The van der Waals surface area contributed by atoms with Gasteiger partial charge in [-0.15, -0.1) is 0 Å². The Bertz CT molecular complexity index is 2970. The SMILES string of the molecule is N#Cc1ccc2c(c1)c1ccccc1n2-c1cccc(-c2ccccc2-c2cccc(C#N)c2-n2c3ccccc3c3ccc(C#N)cc32)c1. The molecule has 0 radical (unpaired) electrons. The summed E-state index contributed by atoms with van der Waals surface area (Å²) in [6.07, 6.45) is 0. The summed E-state index contributed by atoms with van der Waals surface area (Å²) in [7, 11) is 0. The number of nitrogens with zero attached hydrogens (tertiary/aromatic N) is 5. The zero-order valence-electron chi connectivity index (χ0n) is 26.7. The highest BCUT2D eigenvalue weighted by molar-refractivity contribution is 6.11. The van der Waals surface area contributed by atoms with E-state index in [0.29, 0.717) is 16.7 Å². The van der Waals surface area contributed by atoms with Crippen LogP contribution in [0.15, 0.2) is 152 Å². The first-order valence-electron chi connectivity index (χ1n) is 16.3. The summed E-state index contributed by atoms with van der Waals surface area (Å²) in [4.78, 5) is 0. The van der Waals surface area contributed by atoms with E-state index in [9.17, 15) is 15.8 Å². The fourth-order valence-corrected chi connectivity index (χ4v) is 7.48. The smallest absolute Gasteiger partial charge is 0.101 e. The second-order valence-electron chi connectivity index (χ2n) is 12.3. The van der Waals surface area contributed by atoms with Crippen LogP contribution in [0.4, 0.5) is 0 Å². The predicted molar refractivity (Wildman–Crippen MR) is 200 cm³/mol. The number of rotatable bonds is 4. The number of nitriles is 3. The minimum Gasteiger partial charge on any atom is -0.309 e. The quantitative estimate of drug-likeness (QED) is 0.193. The Hall–Kier alpha value is -7.39. The highest BCUT2D eigenvalue weighted by atomic mass is 15.0. The van der Waals surface area contributed by atoms with Crippen molar-refractivity contribution >= 4 is 43.6 Å². The summed E-state index contributed by atoms with van der Waals surface area (Å²) in [6, 6.07) is 57.8. The van der Waals surface area contributed by atoms with Crippen LogP contribution >= 0.6 is 0 Å². The van der Waals surface area contributed by atoms with E-state index in [0.717, 1.165) is 77.2 Å². The molecular formula is C45H25N5. The second kappa shape index (κ2) is 11.4. The van der Waals surface area contributed by atoms with Crippen molar-refractivity contribution in [3.05, 3.63) is 168 Å². The Kier molecular flexibility index (Phi) is 6.56. The van der Waals surface area contributed by atoms with E-state index >= 15 is 0 Å². The van der Waals surface area contributed by atoms with Gasteiger partial charge in [-0.3, -0.25) is 0 Å². The van der Waals surface area contributed by atoms with Gasteiger partial charge in [0.05, 0.1) is 56.6 Å². The van der Waals surface area contributed by atoms with Crippen LogP contribution in [0.25, 0.3) is 77.2 Å². The van der Waals surface area contributed by atoms with Crippen molar-refractivity contribution in [3.8, 4) is 51.8 Å². The van der Waals surface area contributed by atoms with E-state index in [1.807, 2.05) is 84.9 Å². The highest BCUT2D eigenvalue weighted by Crippen LogP contribution is 2.42. The van der Waals surface area contributed by atoms with Crippen molar-refractivity contribution < 1.29 is 0 Å². The predicted octanol–water partition coefficient (Wildman–Crippen LogP) is 10.8. The maximum Gasteiger partial charge on any atom is 0.101 e. The van der Waals surface area contributed by atoms with Crippen LogP contribution in [0.2, 0.25) is 0 Å². The molecule has 0 fully saturated rings. The summed E-state index contributed by atoms with van der Waals surface area (Å²) in [5.41, 5.74) is 11.4. The third-order valence-electron chi connectivity index (χ3n) is 9.62. The van der Waals surface area contributed by atoms with E-state index in [1.54, 1.807) is 0 Å². The maximum absolute atomic E-state index is 10.5. The van der Waals surface area contributed by atoms with Crippen molar-refractivity contribution in [1.29, 1.82) is 15.8 Å². The monoisotopic (exact) mass is 635 g/mol. The molecule has 0 aliphatic carbocycles. The fraction of sp³-hybridized carbons (Fsp3) is 0. The van der Waals surface area contributed by atoms with Crippen LogP contribution in [0.3, 0.4) is 0 Å². The van der Waals surface area contributed by atoms with Gasteiger partial charge in [0.1, 0.15) is 6.07 Å². The first-order valence-corrected chi connectivity index (χ1v) is 16.3. The molecule has 0 aliphatic rings. The van der Waals surface area contributed by atoms with E-state index in [4.69, 9.17) is 0 Å². The van der Waals surface area contributed by atoms with Crippen LogP contribution < -0.4 is 0 Å². The Balaban J connectivity index is 1.29. The van der Waals surface area contributed by atoms with E-state index in [2.05, 4.69) is 94.1 Å². The standard InChI is InChI=1S/C45H25N5/c46-26-29-20-22-43-40(23-29)37-15-4-5-17-41(37)49(43)33-11-7-9-31(25-33)34-12-1-2-13-35(34)39-16-8-10-32(28-48)45(39)50-42-18-6-3-14-36(42)38-21-19-30(27-47)24-44(38)50/h1-25H. The van der Waals surface area contributed by atoms with E-state index in [1.165, 1.54) is 0 Å². The molecule has 9 rings (SSSR count). The van der Waals surface area contributed by atoms with Crippen LogP contribution in [0, 0.1) is 34.0 Å². The lowest BCUT2D eigenvalue weighted by atomic mass is 9.92. The van der Waals surface area contributed by atoms with Gasteiger partial charge in [-0.05, 0) is 77.4 Å². The van der Waals surface area contributed by atoms with Crippen LogP contribution in [0.5, 0.6) is 0 Å². The fourth-order valence-electron chi connectivity index (χ4n) is 7.48. The van der Waals surface area contributed by atoms with Crippen LogP contribution in [-0.4, -0.2) is 9.13 Å². The molecule has 0 aliphatic heterocycles. The molecule has 5 heteroatoms. The molecule has 230 valence electrons. The van der Waals surface area contributed by atoms with E-state index < -0.39 is 0 Å². The molecule has 0 N–H and O–H groups in total. The molecule has 0 saturated heterocycles. The lowest BCUT2D eigenvalue weighted by molar-refractivity contribution is 1.17. The first-order chi connectivity index (χ1) is 24.7. The van der Waals surface area contributed by atoms with Gasteiger partial charge in [0.25, 0.3) is 0 Å². The molecule has 5 nitrogen and oxygen atoms in total. The summed E-state index contributed by atoms with van der Waals surface area (Å²) < 4.78 is 4.39. The summed E-state index contributed by atoms with van der Waals surface area (Å²) in [6.45, 7) is 0. The molecule has 7 aromatic carbocycles. The van der Waals surface area contributed by atoms with E-state index in [-0.39, 0.29) is 0 Å². The molecule has 0 amide bonds. The molecule has 0 saturated carbocycles. The topological polar surface area (TPSA) is 81.2 Å². The molecule has 0 unspecified atom stereocenters. The third kappa shape index (κ3) is 4.31. The Morgan fingerprint density at radius 2 is 0.980 bits per heavy atom. The van der Waals surface area contributed by atoms with Gasteiger partial charge >= 0.3 is 0 Å². The van der Waals surface area contributed by atoms with Crippen molar-refractivity contribution in [1.82, 2.24) is 9.13 Å². The number of para-hydroxylation sites is 3. The zero-order valence-corrected chi connectivity index (χ0v) is 26.7. The molecule has 2 heterocycles. The molecule has 2 aromatic heterocycles. The molecule has 0 spiro atoms. The van der Waals surface area contributed by atoms with Gasteiger partial charge in [-0.2, -0.15) is 15.8 Å². The summed E-state index contributed by atoms with van der Waals surface area (Å²) >= 11 is 0. The maximum atomic E-state index is 10.5. The summed E-state index contributed by atoms with van der Waals surface area (Å²) in [5, 5.41) is 34.2. The van der Waals surface area contributed by atoms with Crippen LogP contribution in [0.1, 0.15) is 16.7 Å². The first kappa shape index (κ1) is 28.8.